The third-order valence-corrected chi connectivity index (χ3v) is 7.47. The number of nitrogens with zero attached hydrogens (tertiary/aromatic N) is 2. The molecule has 0 atom stereocenters. The standard InChI is InChI=1S/C27H25N5O6S/c1-37-22-12-5-16(13-23(22)38-2)27(34)30-17-6-3-15-4-11-20-24(26(28)33)31-32(25(20)21(15)14-17)18-7-9-19(10-8-18)39(29,35)36/h3,5-10,12-14H,4,11H2,1-2H3,(H2,28,33)(H,30,34)(H2,29,35,36). The fourth-order valence-electron chi connectivity index (χ4n) is 4.66. The summed E-state index contributed by atoms with van der Waals surface area (Å²) in [6, 6.07) is 16.2. The molecule has 39 heavy (non-hydrogen) atoms. The van der Waals surface area contributed by atoms with Gasteiger partial charge in [0.2, 0.25) is 10.0 Å². The van der Waals surface area contributed by atoms with Crippen LogP contribution in [0.5, 0.6) is 11.5 Å². The highest BCUT2D eigenvalue weighted by Crippen LogP contribution is 2.38. The molecule has 0 saturated heterocycles. The number of hydrogen-bond donors (Lipinski definition) is 3. The topological polar surface area (TPSA) is 169 Å². The molecule has 3 aromatic carbocycles. The molecule has 0 unspecified atom stereocenters. The number of nitrogens with two attached hydrogens (primary N) is 2. The fourth-order valence-corrected chi connectivity index (χ4v) is 5.17. The number of sulfonamides is 1. The number of primary sulfonamides is 1. The van der Waals surface area contributed by atoms with E-state index >= 15 is 0 Å². The number of ether oxygens (including phenoxy) is 2. The van der Waals surface area contributed by atoms with Gasteiger partial charge >= 0.3 is 0 Å². The number of nitrogens with one attached hydrogen (secondary N) is 1. The minimum atomic E-state index is -3.88. The summed E-state index contributed by atoms with van der Waals surface area (Å²) >= 11 is 0. The Bertz CT molecular complexity index is 1730. The summed E-state index contributed by atoms with van der Waals surface area (Å²) in [7, 11) is -0.875. The van der Waals surface area contributed by atoms with Crippen molar-refractivity contribution in [1.82, 2.24) is 9.78 Å². The van der Waals surface area contributed by atoms with Gasteiger partial charge in [-0.15, -0.1) is 0 Å². The number of benzene rings is 3. The average Bonchev–Trinajstić information content (AvgIpc) is 3.33. The van der Waals surface area contributed by atoms with Gasteiger partial charge in [-0.25, -0.2) is 18.2 Å². The van der Waals surface area contributed by atoms with Crippen molar-refractivity contribution in [3.63, 3.8) is 0 Å². The number of fused-ring (bicyclic) bond motifs is 3. The third-order valence-electron chi connectivity index (χ3n) is 6.54. The quantitative estimate of drug-likeness (QED) is 0.319. The van der Waals surface area contributed by atoms with E-state index in [0.717, 1.165) is 11.1 Å². The smallest absolute Gasteiger partial charge is 0.269 e. The van der Waals surface area contributed by atoms with Crippen molar-refractivity contribution in [3.05, 3.63) is 83.0 Å². The number of methoxy groups -OCH3 is 2. The molecular weight excluding hydrogens is 522 g/mol. The summed E-state index contributed by atoms with van der Waals surface area (Å²) in [5.41, 5.74) is 10.3. The first-order valence-corrected chi connectivity index (χ1v) is 13.4. The molecule has 200 valence electrons. The second kappa shape index (κ2) is 9.89. The lowest BCUT2D eigenvalue weighted by molar-refractivity contribution is 0.0992. The van der Waals surface area contributed by atoms with Crippen molar-refractivity contribution in [2.24, 2.45) is 10.9 Å². The minimum absolute atomic E-state index is 0.0528. The number of hydrogen-bond acceptors (Lipinski definition) is 7. The second-order valence-electron chi connectivity index (χ2n) is 8.89. The SMILES string of the molecule is COc1ccc(C(=O)Nc2ccc3c(c2)-c2c(c(C(N)=O)nn2-c2ccc(S(N)(=O)=O)cc2)CC3)cc1OC. The van der Waals surface area contributed by atoms with Crippen molar-refractivity contribution in [3.8, 4) is 28.4 Å². The van der Waals surface area contributed by atoms with E-state index in [1.807, 2.05) is 12.1 Å². The van der Waals surface area contributed by atoms with Gasteiger partial charge in [0.1, 0.15) is 0 Å². The molecule has 4 aromatic rings. The second-order valence-corrected chi connectivity index (χ2v) is 10.4. The van der Waals surface area contributed by atoms with Crippen LogP contribution in [0, 0.1) is 0 Å². The van der Waals surface area contributed by atoms with Crippen molar-refractivity contribution in [2.45, 2.75) is 17.7 Å². The van der Waals surface area contributed by atoms with Crippen molar-refractivity contribution >= 4 is 27.5 Å². The highest BCUT2D eigenvalue weighted by Gasteiger charge is 2.28. The van der Waals surface area contributed by atoms with E-state index in [-0.39, 0.29) is 16.5 Å². The van der Waals surface area contributed by atoms with Crippen LogP contribution in [-0.2, 0) is 22.9 Å². The summed E-state index contributed by atoms with van der Waals surface area (Å²) in [6.07, 6.45) is 1.18. The normalized spacial score (nSPS) is 12.3. The molecule has 2 amide bonds. The van der Waals surface area contributed by atoms with Gasteiger partial charge in [0.15, 0.2) is 17.2 Å². The molecule has 0 spiro atoms. The third kappa shape index (κ3) is 4.82. The van der Waals surface area contributed by atoms with Crippen LogP contribution in [0.1, 0.15) is 32.0 Å². The number of aryl methyl sites for hydroxylation is 1. The van der Waals surface area contributed by atoms with Gasteiger partial charge in [-0.05, 0) is 73.0 Å². The summed E-state index contributed by atoms with van der Waals surface area (Å²) in [5, 5.41) is 12.6. The first kappa shape index (κ1) is 25.9. The van der Waals surface area contributed by atoms with Crippen LogP contribution in [-0.4, -0.2) is 44.2 Å². The van der Waals surface area contributed by atoms with E-state index in [0.29, 0.717) is 52.5 Å². The monoisotopic (exact) mass is 547 g/mol. The molecule has 11 nitrogen and oxygen atoms in total. The number of primary amides is 1. The molecule has 0 saturated carbocycles. The molecule has 0 bridgehead atoms. The summed E-state index contributed by atoms with van der Waals surface area (Å²) in [5.74, 6) is -0.0908. The molecule has 5 rings (SSSR count). The summed E-state index contributed by atoms with van der Waals surface area (Å²) in [6.45, 7) is 0. The number of amides is 2. The predicted octanol–water partition coefficient (Wildman–Crippen LogP) is 2.65. The fraction of sp³-hybridized carbons (Fsp3) is 0.148. The Morgan fingerprint density at radius 3 is 2.31 bits per heavy atom. The molecule has 1 aromatic heterocycles. The number of aromatic nitrogens is 2. The Hall–Kier alpha value is -4.68. The molecule has 1 aliphatic rings. The van der Waals surface area contributed by atoms with Gasteiger partial charge in [0, 0.05) is 22.4 Å². The summed E-state index contributed by atoms with van der Waals surface area (Å²) in [4.78, 5) is 25.2. The van der Waals surface area contributed by atoms with E-state index in [1.165, 1.54) is 26.4 Å². The Morgan fingerprint density at radius 1 is 0.949 bits per heavy atom. The molecule has 0 radical (unpaired) electrons. The predicted molar refractivity (Wildman–Crippen MR) is 144 cm³/mol. The lowest BCUT2D eigenvalue weighted by Gasteiger charge is -2.20. The van der Waals surface area contributed by atoms with Crippen molar-refractivity contribution < 1.29 is 27.5 Å². The maximum absolute atomic E-state index is 13.0. The first-order chi connectivity index (χ1) is 18.6. The number of rotatable bonds is 7. The van der Waals surface area contributed by atoms with E-state index in [1.54, 1.807) is 41.1 Å². The Kier molecular flexibility index (Phi) is 6.58. The van der Waals surface area contributed by atoms with Crippen LogP contribution in [0.4, 0.5) is 5.69 Å². The van der Waals surface area contributed by atoms with Crippen LogP contribution in [0.3, 0.4) is 0 Å². The van der Waals surface area contributed by atoms with Crippen LogP contribution >= 0.6 is 0 Å². The van der Waals surface area contributed by atoms with Crippen LogP contribution in [0.25, 0.3) is 16.9 Å². The molecule has 12 heteroatoms. The van der Waals surface area contributed by atoms with Crippen LogP contribution in [0.2, 0.25) is 0 Å². The highest BCUT2D eigenvalue weighted by molar-refractivity contribution is 7.89. The molecule has 1 heterocycles. The maximum Gasteiger partial charge on any atom is 0.269 e. The molecule has 5 N–H and O–H groups in total. The van der Waals surface area contributed by atoms with Gasteiger partial charge in [-0.1, -0.05) is 6.07 Å². The Labute approximate surface area is 224 Å². The van der Waals surface area contributed by atoms with E-state index in [9.17, 15) is 18.0 Å². The van der Waals surface area contributed by atoms with Gasteiger partial charge < -0.3 is 20.5 Å². The zero-order valence-electron chi connectivity index (χ0n) is 21.1. The maximum atomic E-state index is 13.0. The zero-order valence-corrected chi connectivity index (χ0v) is 21.9. The molecule has 0 aliphatic heterocycles. The highest BCUT2D eigenvalue weighted by atomic mass is 32.2. The molecule has 1 aliphatic carbocycles. The molecule has 0 fully saturated rings. The summed E-state index contributed by atoms with van der Waals surface area (Å²) < 4.78 is 35.5. The Balaban J connectivity index is 1.56. The number of carbonyl (C=O) groups is 2. The minimum Gasteiger partial charge on any atom is -0.493 e. The number of carbonyl (C=O) groups excluding carboxylic acids is 2. The zero-order chi connectivity index (χ0) is 27.9. The van der Waals surface area contributed by atoms with Crippen LogP contribution < -0.4 is 25.7 Å². The first-order valence-electron chi connectivity index (χ1n) is 11.8. The van der Waals surface area contributed by atoms with E-state index < -0.39 is 15.9 Å². The van der Waals surface area contributed by atoms with Crippen molar-refractivity contribution in [2.75, 3.05) is 19.5 Å². The lowest BCUT2D eigenvalue weighted by Crippen LogP contribution is -2.15. The lowest BCUT2D eigenvalue weighted by atomic mass is 9.88. The number of anilines is 1. The van der Waals surface area contributed by atoms with Gasteiger partial charge in [-0.2, -0.15) is 5.10 Å². The van der Waals surface area contributed by atoms with Gasteiger partial charge in [0.05, 0.1) is 30.5 Å². The van der Waals surface area contributed by atoms with Crippen molar-refractivity contribution in [1.29, 1.82) is 0 Å². The van der Waals surface area contributed by atoms with E-state index in [4.69, 9.17) is 20.3 Å². The van der Waals surface area contributed by atoms with Crippen LogP contribution in [0.15, 0.2) is 65.6 Å². The average molecular weight is 548 g/mol. The van der Waals surface area contributed by atoms with Gasteiger partial charge in [0.25, 0.3) is 11.8 Å². The Morgan fingerprint density at radius 2 is 1.67 bits per heavy atom. The van der Waals surface area contributed by atoms with Gasteiger partial charge in [-0.3, -0.25) is 9.59 Å². The van der Waals surface area contributed by atoms with E-state index in [2.05, 4.69) is 10.4 Å². The largest absolute Gasteiger partial charge is 0.493 e. The molecular formula is C27H25N5O6S.